The van der Waals surface area contributed by atoms with Crippen molar-refractivity contribution in [2.24, 2.45) is 0 Å². The van der Waals surface area contributed by atoms with Crippen LogP contribution in [0.25, 0.3) is 22.2 Å². The van der Waals surface area contributed by atoms with Crippen LogP contribution in [0, 0.1) is 6.92 Å². The van der Waals surface area contributed by atoms with Gasteiger partial charge in [-0.1, -0.05) is 47.5 Å². The van der Waals surface area contributed by atoms with Crippen molar-refractivity contribution in [1.29, 1.82) is 0 Å². The van der Waals surface area contributed by atoms with Crippen LogP contribution in [-0.4, -0.2) is 17.4 Å². The topological polar surface area (TPSA) is 42.0 Å². The standard InChI is InChI=1S/C20H16Cl2N2O/c1-3-10-23-20(25)18-12(2)19(14-9-8-13(21)11-16(14)22)24-17-7-5-4-6-15(17)18/h3-9,11H,1,10H2,2H3,(H,23,25). The molecule has 0 radical (unpaired) electrons. The lowest BCUT2D eigenvalue weighted by atomic mass is 9.97. The summed E-state index contributed by atoms with van der Waals surface area (Å²) >= 11 is 12.4. The third-order valence-corrected chi connectivity index (χ3v) is 4.50. The van der Waals surface area contributed by atoms with E-state index in [4.69, 9.17) is 28.2 Å². The first-order chi connectivity index (χ1) is 12.0. The number of hydrogen-bond acceptors (Lipinski definition) is 2. The number of amides is 1. The van der Waals surface area contributed by atoms with E-state index in [2.05, 4.69) is 11.9 Å². The predicted molar refractivity (Wildman–Crippen MR) is 104 cm³/mol. The van der Waals surface area contributed by atoms with Gasteiger partial charge in [-0.3, -0.25) is 4.79 Å². The van der Waals surface area contributed by atoms with Crippen LogP contribution in [0.3, 0.4) is 0 Å². The molecule has 3 aromatic rings. The molecule has 5 heteroatoms. The van der Waals surface area contributed by atoms with Crippen LogP contribution in [0.1, 0.15) is 15.9 Å². The highest BCUT2D eigenvalue weighted by Crippen LogP contribution is 2.34. The first-order valence-electron chi connectivity index (χ1n) is 7.76. The zero-order valence-corrected chi connectivity index (χ0v) is 15.2. The molecule has 3 rings (SSSR count). The van der Waals surface area contributed by atoms with Crippen LogP contribution < -0.4 is 5.32 Å². The monoisotopic (exact) mass is 370 g/mol. The van der Waals surface area contributed by atoms with Gasteiger partial charge in [0.1, 0.15) is 0 Å². The zero-order chi connectivity index (χ0) is 18.0. The maximum absolute atomic E-state index is 12.7. The SMILES string of the molecule is C=CCNC(=O)c1c(C)c(-c2ccc(Cl)cc2Cl)nc2ccccc12. The van der Waals surface area contributed by atoms with Gasteiger partial charge in [0.2, 0.25) is 0 Å². The Kier molecular flexibility index (Phi) is 5.07. The van der Waals surface area contributed by atoms with E-state index >= 15 is 0 Å². The molecule has 0 atom stereocenters. The summed E-state index contributed by atoms with van der Waals surface area (Å²) in [7, 11) is 0. The fourth-order valence-corrected chi connectivity index (χ4v) is 3.29. The maximum atomic E-state index is 12.7. The highest BCUT2D eigenvalue weighted by Gasteiger charge is 2.19. The lowest BCUT2D eigenvalue weighted by Crippen LogP contribution is -2.24. The van der Waals surface area contributed by atoms with Gasteiger partial charge in [-0.05, 0) is 36.8 Å². The van der Waals surface area contributed by atoms with E-state index in [0.717, 1.165) is 22.0 Å². The fraction of sp³-hybridized carbons (Fsp3) is 0.100. The van der Waals surface area contributed by atoms with Crippen LogP contribution in [0.5, 0.6) is 0 Å². The molecule has 0 aliphatic rings. The van der Waals surface area contributed by atoms with E-state index < -0.39 is 0 Å². The van der Waals surface area contributed by atoms with Gasteiger partial charge in [-0.2, -0.15) is 0 Å². The molecule has 0 unspecified atom stereocenters. The third kappa shape index (κ3) is 3.39. The van der Waals surface area contributed by atoms with Crippen molar-refractivity contribution in [2.45, 2.75) is 6.92 Å². The van der Waals surface area contributed by atoms with Gasteiger partial charge in [0.25, 0.3) is 5.91 Å². The van der Waals surface area contributed by atoms with Crippen molar-refractivity contribution in [3.63, 3.8) is 0 Å². The van der Waals surface area contributed by atoms with E-state index in [-0.39, 0.29) is 5.91 Å². The van der Waals surface area contributed by atoms with E-state index in [1.54, 1.807) is 18.2 Å². The number of nitrogens with one attached hydrogen (secondary N) is 1. The molecule has 2 aromatic carbocycles. The van der Waals surface area contributed by atoms with Crippen molar-refractivity contribution in [3.8, 4) is 11.3 Å². The number of aromatic nitrogens is 1. The van der Waals surface area contributed by atoms with Gasteiger partial charge in [0.05, 0.1) is 21.8 Å². The summed E-state index contributed by atoms with van der Waals surface area (Å²) in [6.07, 6.45) is 1.65. The van der Waals surface area contributed by atoms with Crippen LogP contribution >= 0.6 is 23.2 Å². The maximum Gasteiger partial charge on any atom is 0.252 e. The average Bonchev–Trinajstić information content (AvgIpc) is 2.59. The van der Waals surface area contributed by atoms with E-state index in [9.17, 15) is 4.79 Å². The lowest BCUT2D eigenvalue weighted by Gasteiger charge is -2.15. The Morgan fingerprint density at radius 3 is 2.72 bits per heavy atom. The first kappa shape index (κ1) is 17.5. The first-order valence-corrected chi connectivity index (χ1v) is 8.52. The molecule has 0 aliphatic carbocycles. The quantitative estimate of drug-likeness (QED) is 0.621. The number of pyridine rings is 1. The highest BCUT2D eigenvalue weighted by atomic mass is 35.5. The smallest absolute Gasteiger partial charge is 0.252 e. The minimum atomic E-state index is -0.165. The predicted octanol–water partition coefficient (Wildman–Crippen LogP) is 5.43. The number of fused-ring (bicyclic) bond motifs is 1. The molecular weight excluding hydrogens is 355 g/mol. The second-order valence-corrected chi connectivity index (χ2v) is 6.44. The minimum absolute atomic E-state index is 0.165. The average molecular weight is 371 g/mol. The molecule has 1 aromatic heterocycles. The molecule has 0 bridgehead atoms. The largest absolute Gasteiger partial charge is 0.349 e. The Labute approximate surface area is 156 Å². The zero-order valence-electron chi connectivity index (χ0n) is 13.6. The van der Waals surface area contributed by atoms with Gasteiger partial charge in [-0.25, -0.2) is 4.98 Å². The number of benzene rings is 2. The third-order valence-electron chi connectivity index (χ3n) is 3.96. The van der Waals surface area contributed by atoms with Gasteiger partial charge in [0, 0.05) is 22.5 Å². The number of carbonyl (C=O) groups excluding carboxylic acids is 1. The Balaban J connectivity index is 2.28. The van der Waals surface area contributed by atoms with Crippen molar-refractivity contribution in [2.75, 3.05) is 6.54 Å². The van der Waals surface area contributed by atoms with Crippen molar-refractivity contribution in [3.05, 3.63) is 76.3 Å². The molecule has 1 N–H and O–H groups in total. The molecule has 3 nitrogen and oxygen atoms in total. The van der Waals surface area contributed by atoms with E-state index in [1.807, 2.05) is 37.3 Å². The second-order valence-electron chi connectivity index (χ2n) is 5.60. The molecule has 0 saturated heterocycles. The van der Waals surface area contributed by atoms with Crippen LogP contribution in [0.4, 0.5) is 0 Å². The second kappa shape index (κ2) is 7.26. The molecule has 0 aliphatic heterocycles. The number of rotatable bonds is 4. The Morgan fingerprint density at radius 1 is 1.24 bits per heavy atom. The van der Waals surface area contributed by atoms with Crippen LogP contribution in [-0.2, 0) is 0 Å². The van der Waals surface area contributed by atoms with Crippen molar-refractivity contribution < 1.29 is 4.79 Å². The van der Waals surface area contributed by atoms with E-state index in [1.165, 1.54) is 0 Å². The summed E-state index contributed by atoms with van der Waals surface area (Å²) in [5.74, 6) is -0.165. The fourth-order valence-electron chi connectivity index (χ4n) is 2.80. The molecule has 0 fully saturated rings. The molecular formula is C20H16Cl2N2O. The normalized spacial score (nSPS) is 10.7. The number of para-hydroxylation sites is 1. The lowest BCUT2D eigenvalue weighted by molar-refractivity contribution is 0.0959. The molecule has 0 spiro atoms. The number of hydrogen-bond donors (Lipinski definition) is 1. The molecule has 1 amide bonds. The molecule has 25 heavy (non-hydrogen) atoms. The number of halogens is 2. The van der Waals surface area contributed by atoms with Crippen molar-refractivity contribution >= 4 is 40.0 Å². The highest BCUT2D eigenvalue weighted by molar-refractivity contribution is 6.36. The van der Waals surface area contributed by atoms with Crippen molar-refractivity contribution in [1.82, 2.24) is 10.3 Å². The van der Waals surface area contributed by atoms with Gasteiger partial charge in [0.15, 0.2) is 0 Å². The van der Waals surface area contributed by atoms with Crippen LogP contribution in [0.15, 0.2) is 55.1 Å². The summed E-state index contributed by atoms with van der Waals surface area (Å²) < 4.78 is 0. The minimum Gasteiger partial charge on any atom is -0.349 e. The molecule has 126 valence electrons. The summed E-state index contributed by atoms with van der Waals surface area (Å²) in [4.78, 5) is 17.5. The Hall–Kier alpha value is -2.36. The Bertz CT molecular complexity index is 983. The van der Waals surface area contributed by atoms with E-state index in [0.29, 0.717) is 27.8 Å². The van der Waals surface area contributed by atoms with Gasteiger partial charge < -0.3 is 5.32 Å². The summed E-state index contributed by atoms with van der Waals surface area (Å²) in [5, 5.41) is 4.69. The van der Waals surface area contributed by atoms with Crippen LogP contribution in [0.2, 0.25) is 10.0 Å². The Morgan fingerprint density at radius 2 is 2.00 bits per heavy atom. The number of carbonyl (C=O) groups is 1. The molecule has 1 heterocycles. The molecule has 0 saturated carbocycles. The number of nitrogens with zero attached hydrogens (tertiary/aromatic N) is 1. The summed E-state index contributed by atoms with van der Waals surface area (Å²) in [6, 6.07) is 12.8. The van der Waals surface area contributed by atoms with Gasteiger partial charge in [-0.15, -0.1) is 6.58 Å². The summed E-state index contributed by atoms with van der Waals surface area (Å²) in [6.45, 7) is 5.91. The summed E-state index contributed by atoms with van der Waals surface area (Å²) in [5.41, 5.74) is 3.51. The van der Waals surface area contributed by atoms with Gasteiger partial charge >= 0.3 is 0 Å².